The summed E-state index contributed by atoms with van der Waals surface area (Å²) in [5.74, 6) is 1.12. The highest BCUT2D eigenvalue weighted by Gasteiger charge is 2.34. The Morgan fingerprint density at radius 1 is 1.10 bits per heavy atom. The van der Waals surface area contributed by atoms with Crippen LogP contribution < -0.4 is 0 Å². The van der Waals surface area contributed by atoms with Crippen LogP contribution in [0.3, 0.4) is 0 Å². The third-order valence-corrected chi connectivity index (χ3v) is 8.72. The first-order valence-corrected chi connectivity index (χ1v) is 14.7. The molecule has 8 nitrogen and oxygen atoms in total. The minimum absolute atomic E-state index is 0.00661. The number of ether oxygens (including phenoxy) is 1. The summed E-state index contributed by atoms with van der Waals surface area (Å²) in [6.45, 7) is 1.69. The van der Waals surface area contributed by atoms with Crippen molar-refractivity contribution in [3.8, 4) is 11.4 Å². The molecule has 214 valence electrons. The van der Waals surface area contributed by atoms with E-state index in [1.807, 2.05) is 41.3 Å². The van der Waals surface area contributed by atoms with E-state index in [-0.39, 0.29) is 11.5 Å². The van der Waals surface area contributed by atoms with Crippen molar-refractivity contribution in [1.82, 2.24) is 15.0 Å². The lowest BCUT2D eigenvalue weighted by Gasteiger charge is -2.38. The molecule has 40 heavy (non-hydrogen) atoms. The van der Waals surface area contributed by atoms with E-state index in [2.05, 4.69) is 10.1 Å². The number of halogens is 2. The van der Waals surface area contributed by atoms with Crippen molar-refractivity contribution < 1.29 is 24.3 Å². The summed E-state index contributed by atoms with van der Waals surface area (Å²) in [4.78, 5) is 17.6. The number of hydrogen-bond donors (Lipinski definition) is 2. The molecule has 1 aliphatic heterocycles. The largest absolute Gasteiger partial charge is 0.506 e. The van der Waals surface area contributed by atoms with Crippen molar-refractivity contribution in [3.63, 3.8) is 0 Å². The number of aryl methyl sites for hydroxylation is 1. The van der Waals surface area contributed by atoms with E-state index in [1.54, 1.807) is 6.07 Å². The Labute approximate surface area is 244 Å². The lowest BCUT2D eigenvalue weighted by atomic mass is 9.67. The van der Waals surface area contributed by atoms with Gasteiger partial charge in [-0.3, -0.25) is 4.90 Å². The highest BCUT2D eigenvalue weighted by atomic mass is 35.5. The molecule has 1 saturated carbocycles. The topological polar surface area (TPSA) is 109 Å². The molecule has 10 heteroatoms. The van der Waals surface area contributed by atoms with Crippen LogP contribution >= 0.6 is 23.2 Å². The van der Waals surface area contributed by atoms with Crippen LogP contribution in [0.2, 0.25) is 10.0 Å². The summed E-state index contributed by atoms with van der Waals surface area (Å²) >= 11 is 12.7. The predicted octanol–water partition coefficient (Wildman–Crippen LogP) is 7.07. The van der Waals surface area contributed by atoms with Crippen LogP contribution in [0.25, 0.3) is 11.4 Å². The maximum Gasteiger partial charge on any atom is 0.506 e. The van der Waals surface area contributed by atoms with Gasteiger partial charge in [-0.1, -0.05) is 71.9 Å². The van der Waals surface area contributed by atoms with Gasteiger partial charge >= 0.3 is 6.16 Å². The van der Waals surface area contributed by atoms with Crippen molar-refractivity contribution in [2.24, 2.45) is 0 Å². The number of nitrogens with zero attached hydrogens (tertiary/aromatic N) is 3. The summed E-state index contributed by atoms with van der Waals surface area (Å²) in [6, 6.07) is 13.4. The second-order valence-corrected chi connectivity index (χ2v) is 11.9. The van der Waals surface area contributed by atoms with Gasteiger partial charge in [0.05, 0.1) is 6.10 Å². The molecule has 2 atom stereocenters. The molecule has 2 N–H and O–H groups in total. The first-order valence-electron chi connectivity index (χ1n) is 14.0. The van der Waals surface area contributed by atoms with Gasteiger partial charge in [0, 0.05) is 35.1 Å². The number of piperidine rings is 1. The Kier molecular flexibility index (Phi) is 9.31. The highest BCUT2D eigenvalue weighted by molar-refractivity contribution is 6.34. The lowest BCUT2D eigenvalue weighted by molar-refractivity contribution is 0.00215. The molecule has 1 aromatic heterocycles. The first-order chi connectivity index (χ1) is 19.3. The van der Waals surface area contributed by atoms with Crippen molar-refractivity contribution >= 4 is 29.4 Å². The SMILES string of the molecule is O=C(O)O[C@H]1CCCN(CC(O)c2ccc(-c3noc(CCC4(c5cc(Cl)cc(Cl)c5)CCCCC4)n3)cc2)C1. The van der Waals surface area contributed by atoms with Gasteiger partial charge in [0.25, 0.3) is 0 Å². The Hall–Kier alpha value is -2.65. The van der Waals surface area contributed by atoms with Crippen molar-refractivity contribution in [1.29, 1.82) is 0 Å². The van der Waals surface area contributed by atoms with Crippen LogP contribution in [0.4, 0.5) is 4.79 Å². The fourth-order valence-electron chi connectivity index (χ4n) is 6.21. The Bertz CT molecular complexity index is 1270. The number of carbonyl (C=O) groups is 1. The highest BCUT2D eigenvalue weighted by Crippen LogP contribution is 2.44. The molecular formula is C30H35Cl2N3O5. The summed E-state index contributed by atoms with van der Waals surface area (Å²) in [5, 5.41) is 25.2. The summed E-state index contributed by atoms with van der Waals surface area (Å²) in [6.07, 6.45) is 6.51. The predicted molar refractivity (Wildman–Crippen MR) is 153 cm³/mol. The number of likely N-dealkylation sites (tertiary alicyclic amines) is 1. The van der Waals surface area contributed by atoms with Crippen LogP contribution in [0.15, 0.2) is 47.0 Å². The normalized spacial score (nSPS) is 20.2. The fourth-order valence-corrected chi connectivity index (χ4v) is 6.74. The molecule has 2 aromatic carbocycles. The van der Waals surface area contributed by atoms with E-state index >= 15 is 0 Å². The molecule has 5 rings (SSSR count). The van der Waals surface area contributed by atoms with Gasteiger partial charge in [0.2, 0.25) is 11.7 Å². The minimum Gasteiger partial charge on any atom is -0.450 e. The molecule has 0 amide bonds. The van der Waals surface area contributed by atoms with Gasteiger partial charge in [0.15, 0.2) is 0 Å². The van der Waals surface area contributed by atoms with E-state index in [1.165, 1.54) is 24.8 Å². The van der Waals surface area contributed by atoms with Crippen LogP contribution in [0, 0.1) is 0 Å². The van der Waals surface area contributed by atoms with Gasteiger partial charge in [-0.25, -0.2) is 4.79 Å². The molecule has 2 fully saturated rings. The van der Waals surface area contributed by atoms with Gasteiger partial charge in [-0.2, -0.15) is 4.98 Å². The standard InChI is InChI=1S/C30H35Cl2N3O5/c31-23-15-22(16-24(32)17-23)30(11-2-1-3-12-30)13-10-27-33-28(34-40-27)21-8-6-20(7-9-21)26(36)19-35-14-4-5-25(18-35)39-29(37)38/h6-9,15-17,25-26,36H,1-5,10-14,18-19H2,(H,37,38)/t25-,26?/m0/s1. The van der Waals surface area contributed by atoms with Crippen molar-refractivity contribution in [2.75, 3.05) is 19.6 Å². The van der Waals surface area contributed by atoms with E-state index in [9.17, 15) is 9.90 Å². The zero-order chi connectivity index (χ0) is 28.1. The average Bonchev–Trinajstić information content (AvgIpc) is 3.41. The molecule has 0 bridgehead atoms. The number of carboxylic acid groups (broad SMARTS) is 1. The second-order valence-electron chi connectivity index (χ2n) is 11.1. The Balaban J connectivity index is 1.20. The van der Waals surface area contributed by atoms with Crippen LogP contribution in [-0.4, -0.2) is 57.1 Å². The minimum atomic E-state index is -1.26. The van der Waals surface area contributed by atoms with Gasteiger partial charge in [0.1, 0.15) is 6.10 Å². The zero-order valence-corrected chi connectivity index (χ0v) is 23.9. The van der Waals surface area contributed by atoms with E-state index in [0.717, 1.165) is 43.4 Å². The smallest absolute Gasteiger partial charge is 0.450 e. The summed E-state index contributed by atoms with van der Waals surface area (Å²) in [5.41, 5.74) is 2.77. The number of aromatic nitrogens is 2. The maximum atomic E-state index is 10.9. The van der Waals surface area contributed by atoms with Gasteiger partial charge in [-0.05, 0) is 73.4 Å². The molecule has 3 aromatic rings. The summed E-state index contributed by atoms with van der Waals surface area (Å²) < 4.78 is 10.6. The third kappa shape index (κ3) is 7.16. The van der Waals surface area contributed by atoms with E-state index < -0.39 is 12.3 Å². The number of benzene rings is 2. The van der Waals surface area contributed by atoms with Crippen LogP contribution in [-0.2, 0) is 16.6 Å². The number of rotatable bonds is 9. The molecule has 0 spiro atoms. The van der Waals surface area contributed by atoms with Crippen molar-refractivity contribution in [2.45, 2.75) is 75.4 Å². The van der Waals surface area contributed by atoms with E-state index in [0.29, 0.717) is 47.7 Å². The molecule has 2 heterocycles. The number of aliphatic hydroxyl groups excluding tert-OH is 1. The second kappa shape index (κ2) is 12.9. The Morgan fingerprint density at radius 2 is 1.82 bits per heavy atom. The molecular weight excluding hydrogens is 553 g/mol. The summed E-state index contributed by atoms with van der Waals surface area (Å²) in [7, 11) is 0. The lowest BCUT2D eigenvalue weighted by Crippen LogP contribution is -2.42. The third-order valence-electron chi connectivity index (χ3n) is 8.29. The van der Waals surface area contributed by atoms with Crippen LogP contribution in [0.1, 0.15) is 74.5 Å². The van der Waals surface area contributed by atoms with Gasteiger partial charge < -0.3 is 19.5 Å². The Morgan fingerprint density at radius 3 is 2.52 bits per heavy atom. The molecule has 2 aliphatic rings. The monoisotopic (exact) mass is 587 g/mol. The molecule has 1 unspecified atom stereocenters. The maximum absolute atomic E-state index is 10.9. The first kappa shape index (κ1) is 28.9. The van der Waals surface area contributed by atoms with E-state index in [4.69, 9.17) is 37.6 Å². The zero-order valence-electron chi connectivity index (χ0n) is 22.4. The fraction of sp³-hybridized carbons (Fsp3) is 0.500. The number of hydrogen-bond acceptors (Lipinski definition) is 7. The average molecular weight is 589 g/mol. The van der Waals surface area contributed by atoms with Crippen molar-refractivity contribution in [3.05, 3.63) is 69.5 Å². The van der Waals surface area contributed by atoms with Crippen LogP contribution in [0.5, 0.6) is 0 Å². The number of β-amino-alcohol motifs (C(OH)–C–C–N with tert-alkyl or cyclic N) is 1. The number of aliphatic hydroxyl groups is 1. The van der Waals surface area contributed by atoms with Gasteiger partial charge in [-0.15, -0.1) is 0 Å². The molecule has 1 aliphatic carbocycles. The molecule has 0 radical (unpaired) electrons. The molecule has 1 saturated heterocycles. The quantitative estimate of drug-likeness (QED) is 0.256.